The third-order valence-corrected chi connectivity index (χ3v) is 5.98. The highest BCUT2D eigenvalue weighted by Crippen LogP contribution is 2.25. The van der Waals surface area contributed by atoms with E-state index in [0.29, 0.717) is 12.0 Å². The Morgan fingerprint density at radius 3 is 2.67 bits per heavy atom. The Morgan fingerprint density at radius 2 is 1.93 bits per heavy atom. The van der Waals surface area contributed by atoms with Gasteiger partial charge in [0.15, 0.2) is 5.96 Å². The predicted octanol–water partition coefficient (Wildman–Crippen LogP) is 3.21. The van der Waals surface area contributed by atoms with Gasteiger partial charge in [-0.15, -0.1) is 0 Å². The summed E-state index contributed by atoms with van der Waals surface area (Å²) in [6, 6.07) is 11.2. The summed E-state index contributed by atoms with van der Waals surface area (Å²) in [7, 11) is 0. The van der Waals surface area contributed by atoms with Crippen molar-refractivity contribution in [1.82, 2.24) is 15.5 Å². The van der Waals surface area contributed by atoms with Crippen LogP contribution in [0, 0.1) is 5.92 Å². The average molecular weight is 417 g/mol. The van der Waals surface area contributed by atoms with Gasteiger partial charge in [-0.25, -0.2) is 0 Å². The van der Waals surface area contributed by atoms with Crippen molar-refractivity contribution in [3.63, 3.8) is 0 Å². The Hall–Kier alpha value is -1.63. The van der Waals surface area contributed by atoms with Crippen LogP contribution in [0.5, 0.6) is 0 Å². The van der Waals surface area contributed by atoms with Crippen molar-refractivity contribution in [2.45, 2.75) is 45.1 Å². The van der Waals surface area contributed by atoms with Crippen LogP contribution in [-0.2, 0) is 9.47 Å². The monoisotopic (exact) mass is 416 g/mol. The van der Waals surface area contributed by atoms with Crippen molar-refractivity contribution in [2.24, 2.45) is 10.9 Å². The van der Waals surface area contributed by atoms with Crippen LogP contribution >= 0.6 is 0 Å². The minimum Gasteiger partial charge on any atom is -0.381 e. The van der Waals surface area contributed by atoms with Gasteiger partial charge in [0.05, 0.1) is 12.6 Å². The minimum absolute atomic E-state index is 0.354. The van der Waals surface area contributed by atoms with Crippen LogP contribution in [0.25, 0.3) is 0 Å². The molecule has 2 aliphatic heterocycles. The molecule has 2 heterocycles. The third kappa shape index (κ3) is 7.89. The van der Waals surface area contributed by atoms with Crippen molar-refractivity contribution < 1.29 is 9.47 Å². The highest BCUT2D eigenvalue weighted by Gasteiger charge is 2.23. The molecule has 6 nitrogen and oxygen atoms in total. The first-order chi connectivity index (χ1) is 14.9. The van der Waals surface area contributed by atoms with Crippen LogP contribution < -0.4 is 10.6 Å². The van der Waals surface area contributed by atoms with Gasteiger partial charge in [0.25, 0.3) is 0 Å². The lowest BCUT2D eigenvalue weighted by Crippen LogP contribution is -2.39. The molecule has 0 spiro atoms. The third-order valence-electron chi connectivity index (χ3n) is 5.98. The van der Waals surface area contributed by atoms with E-state index in [2.05, 4.69) is 52.8 Å². The zero-order chi connectivity index (χ0) is 20.9. The maximum absolute atomic E-state index is 5.88. The smallest absolute Gasteiger partial charge is 0.191 e. The van der Waals surface area contributed by atoms with Gasteiger partial charge in [-0.2, -0.15) is 0 Å². The van der Waals surface area contributed by atoms with Crippen LogP contribution in [0.15, 0.2) is 35.3 Å². The van der Waals surface area contributed by atoms with E-state index in [0.717, 1.165) is 71.3 Å². The quantitative estimate of drug-likeness (QED) is 0.330. The normalized spacial score (nSPS) is 19.7. The number of hydrogen-bond donors (Lipinski definition) is 2. The van der Waals surface area contributed by atoms with Crippen molar-refractivity contribution in [3.05, 3.63) is 35.9 Å². The molecular weight excluding hydrogens is 376 g/mol. The number of aliphatic imine (C=N–C) groups is 1. The maximum Gasteiger partial charge on any atom is 0.191 e. The van der Waals surface area contributed by atoms with Gasteiger partial charge in [-0.1, -0.05) is 30.3 Å². The lowest BCUT2D eigenvalue weighted by molar-refractivity contribution is 0.0203. The van der Waals surface area contributed by atoms with Crippen LogP contribution in [0.2, 0.25) is 0 Å². The molecule has 6 heteroatoms. The standard InChI is InChI=1S/C24H40N4O2/c1-2-25-24(26-13-8-16-30-20-21-11-17-29-18-12-21)27-19-23(28-14-6-7-15-28)22-9-4-3-5-10-22/h3-5,9-10,21,23H,2,6-8,11-20H2,1H3,(H2,25,26,27). The van der Waals surface area contributed by atoms with Crippen molar-refractivity contribution in [3.8, 4) is 0 Å². The topological polar surface area (TPSA) is 58.1 Å². The molecular formula is C24H40N4O2. The molecule has 0 aromatic heterocycles. The first kappa shape index (κ1) is 23.0. The van der Waals surface area contributed by atoms with E-state index in [1.54, 1.807) is 0 Å². The Kier molecular flexibility index (Phi) is 10.5. The second-order valence-corrected chi connectivity index (χ2v) is 8.30. The average Bonchev–Trinajstić information content (AvgIpc) is 3.32. The van der Waals surface area contributed by atoms with E-state index in [9.17, 15) is 0 Å². The highest BCUT2D eigenvalue weighted by molar-refractivity contribution is 5.79. The van der Waals surface area contributed by atoms with E-state index < -0.39 is 0 Å². The Bertz CT molecular complexity index is 598. The molecule has 3 rings (SSSR count). The van der Waals surface area contributed by atoms with E-state index >= 15 is 0 Å². The molecule has 2 saturated heterocycles. The van der Waals surface area contributed by atoms with Gasteiger partial charge in [-0.05, 0) is 63.6 Å². The van der Waals surface area contributed by atoms with E-state index in [-0.39, 0.29) is 0 Å². The molecule has 0 aliphatic carbocycles. The molecule has 1 aromatic rings. The number of nitrogens with zero attached hydrogens (tertiary/aromatic N) is 2. The first-order valence-electron chi connectivity index (χ1n) is 11.8. The molecule has 0 saturated carbocycles. The Labute approximate surface area is 182 Å². The SMILES string of the molecule is CCNC(=NCC(c1ccccc1)N1CCCC1)NCCCOCC1CCOCC1. The predicted molar refractivity (Wildman–Crippen MR) is 123 cm³/mol. The number of likely N-dealkylation sites (tertiary alicyclic amines) is 1. The van der Waals surface area contributed by atoms with E-state index in [4.69, 9.17) is 14.5 Å². The number of nitrogens with one attached hydrogen (secondary N) is 2. The lowest BCUT2D eigenvalue weighted by Gasteiger charge is -2.27. The molecule has 0 radical (unpaired) electrons. The van der Waals surface area contributed by atoms with Crippen molar-refractivity contribution in [2.75, 3.05) is 59.2 Å². The number of hydrogen-bond acceptors (Lipinski definition) is 4. The fraction of sp³-hybridized carbons (Fsp3) is 0.708. The summed E-state index contributed by atoms with van der Waals surface area (Å²) in [6.07, 6.45) is 5.84. The molecule has 1 atom stereocenters. The lowest BCUT2D eigenvalue weighted by atomic mass is 10.0. The Morgan fingerprint density at radius 1 is 1.17 bits per heavy atom. The molecule has 1 aromatic carbocycles. The second-order valence-electron chi connectivity index (χ2n) is 8.30. The summed E-state index contributed by atoms with van der Waals surface area (Å²) >= 11 is 0. The van der Waals surface area contributed by atoms with E-state index in [1.165, 1.54) is 31.5 Å². The first-order valence-corrected chi connectivity index (χ1v) is 11.8. The number of benzene rings is 1. The summed E-state index contributed by atoms with van der Waals surface area (Å²) in [5.41, 5.74) is 1.36. The molecule has 1 unspecified atom stereocenters. The van der Waals surface area contributed by atoms with Crippen LogP contribution in [0.4, 0.5) is 0 Å². The number of ether oxygens (including phenoxy) is 2. The molecule has 0 amide bonds. The molecule has 2 aliphatic rings. The molecule has 0 bridgehead atoms. The largest absolute Gasteiger partial charge is 0.381 e. The zero-order valence-corrected chi connectivity index (χ0v) is 18.7. The second kappa shape index (κ2) is 13.6. The van der Waals surface area contributed by atoms with Crippen LogP contribution in [-0.4, -0.2) is 70.0 Å². The number of guanidine groups is 1. The fourth-order valence-corrected chi connectivity index (χ4v) is 4.22. The van der Waals surface area contributed by atoms with Gasteiger partial charge < -0.3 is 20.1 Å². The van der Waals surface area contributed by atoms with Crippen molar-refractivity contribution in [1.29, 1.82) is 0 Å². The molecule has 168 valence electrons. The summed E-state index contributed by atoms with van der Waals surface area (Å²) in [5, 5.41) is 6.87. The molecule has 30 heavy (non-hydrogen) atoms. The van der Waals surface area contributed by atoms with Gasteiger partial charge in [0.2, 0.25) is 0 Å². The van der Waals surface area contributed by atoms with Gasteiger partial charge >= 0.3 is 0 Å². The van der Waals surface area contributed by atoms with Gasteiger partial charge in [-0.3, -0.25) is 9.89 Å². The fourth-order valence-electron chi connectivity index (χ4n) is 4.22. The highest BCUT2D eigenvalue weighted by atomic mass is 16.5. The number of rotatable bonds is 11. The molecule has 2 N–H and O–H groups in total. The molecule has 2 fully saturated rings. The van der Waals surface area contributed by atoms with Crippen LogP contribution in [0.3, 0.4) is 0 Å². The summed E-state index contributed by atoms with van der Waals surface area (Å²) in [5.74, 6) is 1.58. The minimum atomic E-state index is 0.354. The zero-order valence-electron chi connectivity index (χ0n) is 18.7. The Balaban J connectivity index is 1.42. The van der Waals surface area contributed by atoms with Crippen LogP contribution in [0.1, 0.15) is 50.6 Å². The summed E-state index contributed by atoms with van der Waals surface area (Å²) in [6.45, 7) is 10.4. The van der Waals surface area contributed by atoms with Gasteiger partial charge in [0.1, 0.15) is 0 Å². The summed E-state index contributed by atoms with van der Waals surface area (Å²) in [4.78, 5) is 7.50. The van der Waals surface area contributed by atoms with Gasteiger partial charge in [0, 0.05) is 39.5 Å². The maximum atomic E-state index is 5.88. The van der Waals surface area contributed by atoms with Crippen molar-refractivity contribution >= 4 is 5.96 Å². The van der Waals surface area contributed by atoms with E-state index in [1.807, 2.05) is 0 Å². The summed E-state index contributed by atoms with van der Waals surface area (Å²) < 4.78 is 11.3.